The van der Waals surface area contributed by atoms with Crippen LogP contribution in [0.25, 0.3) is 11.0 Å². The monoisotopic (exact) mass is 434 g/mol. The number of amides is 2. The van der Waals surface area contributed by atoms with Crippen molar-refractivity contribution >= 4 is 22.8 Å². The summed E-state index contributed by atoms with van der Waals surface area (Å²) in [6.07, 6.45) is 0.880. The van der Waals surface area contributed by atoms with Gasteiger partial charge in [0.1, 0.15) is 11.3 Å². The molecule has 2 aromatic carbocycles. The fraction of sp³-hybridized carbons (Fsp3) is 0.400. The van der Waals surface area contributed by atoms with Crippen molar-refractivity contribution in [3.05, 3.63) is 59.9 Å². The lowest BCUT2D eigenvalue weighted by molar-refractivity contribution is -0.133. The number of para-hydroxylation sites is 2. The van der Waals surface area contributed by atoms with E-state index >= 15 is 0 Å². The van der Waals surface area contributed by atoms with Crippen LogP contribution in [0.15, 0.2) is 48.5 Å². The Morgan fingerprint density at radius 2 is 2.00 bits per heavy atom. The van der Waals surface area contributed by atoms with Crippen LogP contribution in [0.2, 0.25) is 0 Å². The lowest BCUT2D eigenvalue weighted by Gasteiger charge is -2.43. The van der Waals surface area contributed by atoms with Crippen LogP contribution in [0.4, 0.5) is 0 Å². The third kappa shape index (κ3) is 3.95. The highest BCUT2D eigenvalue weighted by atomic mass is 16.5. The molecule has 4 rings (SSSR count). The minimum Gasteiger partial charge on any atom is -0.497 e. The molecular weight excluding hydrogens is 404 g/mol. The number of rotatable bonds is 7. The molecule has 2 amide bonds. The van der Waals surface area contributed by atoms with Gasteiger partial charge >= 0.3 is 0 Å². The van der Waals surface area contributed by atoms with Crippen molar-refractivity contribution in [2.24, 2.45) is 5.92 Å². The van der Waals surface area contributed by atoms with Gasteiger partial charge in [-0.2, -0.15) is 0 Å². The minimum absolute atomic E-state index is 0.155. The zero-order valence-electron chi connectivity index (χ0n) is 19.1. The van der Waals surface area contributed by atoms with Crippen LogP contribution in [-0.2, 0) is 17.9 Å². The average Bonchev–Trinajstić information content (AvgIpc) is 3.15. The fourth-order valence-corrected chi connectivity index (χ4v) is 4.20. The highest BCUT2D eigenvalue weighted by molar-refractivity contribution is 6.01. The van der Waals surface area contributed by atoms with E-state index in [0.29, 0.717) is 30.6 Å². The maximum Gasteiger partial charge on any atom is 0.291 e. The molecule has 0 aliphatic carbocycles. The van der Waals surface area contributed by atoms with Crippen LogP contribution >= 0.6 is 0 Å². The molecule has 0 bridgehead atoms. The average molecular weight is 435 g/mol. The van der Waals surface area contributed by atoms with Gasteiger partial charge in [0.25, 0.3) is 5.91 Å². The maximum absolute atomic E-state index is 13.7. The molecule has 0 fully saturated rings. The lowest BCUT2D eigenvalue weighted by Crippen LogP contribution is -2.63. The number of imidazole rings is 1. The number of fused-ring (bicyclic) bond motifs is 3. The zero-order chi connectivity index (χ0) is 22.9. The van der Waals surface area contributed by atoms with Crippen LogP contribution in [0, 0.1) is 5.92 Å². The number of benzene rings is 2. The first-order chi connectivity index (χ1) is 15.3. The number of carbonyl (C=O) groups excluding carboxylic acids is 2. The van der Waals surface area contributed by atoms with Crippen LogP contribution in [0.5, 0.6) is 5.75 Å². The van der Waals surface area contributed by atoms with E-state index in [1.807, 2.05) is 60.0 Å². The van der Waals surface area contributed by atoms with Gasteiger partial charge in [0.15, 0.2) is 5.82 Å². The number of nitrogens with one attached hydrogen (secondary N) is 1. The molecule has 32 heavy (non-hydrogen) atoms. The minimum atomic E-state index is -1.06. The quantitative estimate of drug-likeness (QED) is 0.616. The Morgan fingerprint density at radius 3 is 2.75 bits per heavy atom. The number of hydrogen-bond acceptors (Lipinski definition) is 4. The summed E-state index contributed by atoms with van der Waals surface area (Å²) in [6, 6.07) is 15.2. The Morgan fingerprint density at radius 1 is 1.22 bits per heavy atom. The molecule has 1 aromatic heterocycles. The standard InChI is InChI=1S/C25H30N4O3/c1-17(2)12-13-26-24(31)25(3)16-28-21-11-6-5-10-20(21)27-22(28)23(30)29(25)15-18-8-7-9-19(14-18)32-4/h5-11,14,17H,12-13,15-16H2,1-4H3,(H,26,31). The van der Waals surface area contributed by atoms with Gasteiger partial charge < -0.3 is 19.5 Å². The molecule has 7 heteroatoms. The van der Waals surface area contributed by atoms with E-state index in [1.165, 1.54) is 0 Å². The number of carbonyl (C=O) groups is 2. The highest BCUT2D eigenvalue weighted by Gasteiger charge is 2.48. The second kappa shape index (κ2) is 8.65. The molecule has 168 valence electrons. The molecule has 7 nitrogen and oxygen atoms in total. The van der Waals surface area contributed by atoms with Crippen molar-refractivity contribution in [1.82, 2.24) is 19.8 Å². The lowest BCUT2D eigenvalue weighted by atomic mass is 9.94. The molecule has 1 aliphatic rings. The molecule has 1 aliphatic heterocycles. The van der Waals surface area contributed by atoms with E-state index < -0.39 is 5.54 Å². The molecule has 1 unspecified atom stereocenters. The molecule has 1 N–H and O–H groups in total. The summed E-state index contributed by atoms with van der Waals surface area (Å²) in [5.74, 6) is 1.15. The first-order valence-corrected chi connectivity index (χ1v) is 11.0. The molecule has 0 radical (unpaired) electrons. The van der Waals surface area contributed by atoms with Crippen LogP contribution in [0.1, 0.15) is 43.4 Å². The third-order valence-electron chi connectivity index (χ3n) is 6.12. The van der Waals surface area contributed by atoms with Crippen LogP contribution in [0.3, 0.4) is 0 Å². The topological polar surface area (TPSA) is 76.5 Å². The first kappa shape index (κ1) is 21.9. The number of hydrogen-bond donors (Lipinski definition) is 1. The normalized spacial score (nSPS) is 18.2. The predicted molar refractivity (Wildman–Crippen MR) is 123 cm³/mol. The van der Waals surface area contributed by atoms with Crippen molar-refractivity contribution in [3.63, 3.8) is 0 Å². The van der Waals surface area contributed by atoms with Gasteiger partial charge in [-0.3, -0.25) is 9.59 Å². The van der Waals surface area contributed by atoms with Crippen LogP contribution < -0.4 is 10.1 Å². The Bertz CT molecular complexity index is 1150. The molecule has 0 saturated heterocycles. The molecule has 1 atom stereocenters. The van der Waals surface area contributed by atoms with E-state index in [9.17, 15) is 9.59 Å². The molecule has 0 saturated carbocycles. The second-order valence-electron chi connectivity index (χ2n) is 8.97. The number of methoxy groups -OCH3 is 1. The highest BCUT2D eigenvalue weighted by Crippen LogP contribution is 2.32. The number of aromatic nitrogens is 2. The van der Waals surface area contributed by atoms with Crippen molar-refractivity contribution in [3.8, 4) is 5.75 Å². The summed E-state index contributed by atoms with van der Waals surface area (Å²) in [5, 5.41) is 3.06. The summed E-state index contributed by atoms with van der Waals surface area (Å²) in [5.41, 5.74) is 1.44. The van der Waals surface area contributed by atoms with E-state index in [-0.39, 0.29) is 18.4 Å². The Hall–Kier alpha value is -3.35. The summed E-state index contributed by atoms with van der Waals surface area (Å²) in [6.45, 7) is 7.28. The predicted octanol–water partition coefficient (Wildman–Crippen LogP) is 3.62. The molecular formula is C25H30N4O3. The van der Waals surface area contributed by atoms with E-state index in [0.717, 1.165) is 23.0 Å². The molecule has 2 heterocycles. The Balaban J connectivity index is 1.74. The van der Waals surface area contributed by atoms with Crippen LogP contribution in [-0.4, -0.2) is 45.5 Å². The van der Waals surface area contributed by atoms with E-state index in [4.69, 9.17) is 4.74 Å². The molecule has 0 spiro atoms. The largest absolute Gasteiger partial charge is 0.497 e. The summed E-state index contributed by atoms with van der Waals surface area (Å²) in [7, 11) is 1.61. The van der Waals surface area contributed by atoms with Gasteiger partial charge in [-0.1, -0.05) is 38.1 Å². The van der Waals surface area contributed by atoms with Crippen molar-refractivity contribution < 1.29 is 14.3 Å². The number of ether oxygens (including phenoxy) is 1. The number of nitrogens with zero attached hydrogens (tertiary/aromatic N) is 3. The third-order valence-corrected chi connectivity index (χ3v) is 6.12. The summed E-state index contributed by atoms with van der Waals surface area (Å²) in [4.78, 5) is 33.4. The molecule has 3 aromatic rings. The van der Waals surface area contributed by atoms with Gasteiger partial charge in [-0.15, -0.1) is 0 Å². The van der Waals surface area contributed by atoms with Gasteiger partial charge in [-0.25, -0.2) is 4.98 Å². The van der Waals surface area contributed by atoms with Crippen molar-refractivity contribution in [1.29, 1.82) is 0 Å². The summed E-state index contributed by atoms with van der Waals surface area (Å²) < 4.78 is 7.22. The van der Waals surface area contributed by atoms with Gasteiger partial charge in [0.2, 0.25) is 5.91 Å². The fourth-order valence-electron chi connectivity index (χ4n) is 4.20. The Labute approximate surface area is 188 Å². The Kier molecular flexibility index (Phi) is 5.91. The zero-order valence-corrected chi connectivity index (χ0v) is 19.1. The summed E-state index contributed by atoms with van der Waals surface area (Å²) >= 11 is 0. The SMILES string of the molecule is COc1cccc(CN2C(=O)c3nc4ccccc4n3CC2(C)C(=O)NCCC(C)C)c1. The maximum atomic E-state index is 13.7. The van der Waals surface area contributed by atoms with E-state index in [2.05, 4.69) is 24.1 Å². The first-order valence-electron chi connectivity index (χ1n) is 11.0. The van der Waals surface area contributed by atoms with Gasteiger partial charge in [0, 0.05) is 13.1 Å². The van der Waals surface area contributed by atoms with Crippen molar-refractivity contribution in [2.75, 3.05) is 13.7 Å². The second-order valence-corrected chi connectivity index (χ2v) is 8.97. The van der Waals surface area contributed by atoms with Gasteiger partial charge in [0.05, 0.1) is 24.7 Å². The van der Waals surface area contributed by atoms with Crippen molar-refractivity contribution in [2.45, 2.75) is 45.8 Å². The van der Waals surface area contributed by atoms with Gasteiger partial charge in [-0.05, 0) is 49.1 Å². The van der Waals surface area contributed by atoms with E-state index in [1.54, 1.807) is 12.0 Å². The smallest absolute Gasteiger partial charge is 0.291 e.